The van der Waals surface area contributed by atoms with Crippen molar-refractivity contribution in [2.45, 2.75) is 6.54 Å². The third-order valence-electron chi connectivity index (χ3n) is 5.28. The predicted molar refractivity (Wildman–Crippen MR) is 111 cm³/mol. The van der Waals surface area contributed by atoms with Gasteiger partial charge in [-0.1, -0.05) is 54.6 Å². The molecule has 0 aromatic heterocycles. The lowest BCUT2D eigenvalue weighted by Crippen LogP contribution is -2.23. The van der Waals surface area contributed by atoms with Crippen LogP contribution in [0.2, 0.25) is 0 Å². The van der Waals surface area contributed by atoms with E-state index in [0.717, 1.165) is 17.0 Å². The molecular formula is C24H17NO3. The van der Waals surface area contributed by atoms with Crippen molar-refractivity contribution in [3.05, 3.63) is 83.9 Å². The second-order valence-electron chi connectivity index (χ2n) is 6.96. The molecule has 5 aromatic rings. The fourth-order valence-electron chi connectivity index (χ4n) is 3.93. The summed E-state index contributed by atoms with van der Waals surface area (Å²) in [5.74, 6) is -0.711. The first-order valence-electron chi connectivity index (χ1n) is 9.07. The van der Waals surface area contributed by atoms with E-state index in [1.807, 2.05) is 6.07 Å². The second-order valence-corrected chi connectivity index (χ2v) is 6.96. The normalized spacial score (nSPS) is 11.4. The van der Waals surface area contributed by atoms with Crippen molar-refractivity contribution in [1.82, 2.24) is 5.32 Å². The van der Waals surface area contributed by atoms with E-state index in [0.29, 0.717) is 6.54 Å². The minimum absolute atomic E-state index is 0.0826. The van der Waals surface area contributed by atoms with Crippen LogP contribution in [0.1, 0.15) is 15.9 Å². The zero-order valence-electron chi connectivity index (χ0n) is 14.9. The van der Waals surface area contributed by atoms with Gasteiger partial charge in [-0.3, -0.25) is 4.79 Å². The Hall–Kier alpha value is -3.79. The minimum Gasteiger partial charge on any atom is -0.508 e. The van der Waals surface area contributed by atoms with Crippen LogP contribution in [-0.4, -0.2) is 16.1 Å². The van der Waals surface area contributed by atoms with Crippen molar-refractivity contribution >= 4 is 38.2 Å². The molecule has 1 amide bonds. The number of benzene rings is 5. The SMILES string of the molecule is O=C(NCc1ccc2ccc3cccc4ccc1c2c34)c1ccc(O)cc1O. The minimum atomic E-state index is -0.386. The zero-order chi connectivity index (χ0) is 19.3. The highest BCUT2D eigenvalue weighted by Crippen LogP contribution is 2.35. The molecule has 0 fully saturated rings. The first kappa shape index (κ1) is 16.4. The molecule has 4 nitrogen and oxygen atoms in total. The van der Waals surface area contributed by atoms with E-state index < -0.39 is 0 Å². The van der Waals surface area contributed by atoms with E-state index in [1.54, 1.807) is 0 Å². The van der Waals surface area contributed by atoms with Crippen molar-refractivity contribution in [1.29, 1.82) is 0 Å². The van der Waals surface area contributed by atoms with Gasteiger partial charge in [0.15, 0.2) is 0 Å². The van der Waals surface area contributed by atoms with E-state index in [4.69, 9.17) is 0 Å². The van der Waals surface area contributed by atoms with Crippen LogP contribution in [0.15, 0.2) is 72.8 Å². The Balaban J connectivity index is 1.55. The first-order chi connectivity index (χ1) is 13.6. The van der Waals surface area contributed by atoms with Gasteiger partial charge in [0.2, 0.25) is 0 Å². The Morgan fingerprint density at radius 1 is 0.786 bits per heavy atom. The summed E-state index contributed by atoms with van der Waals surface area (Å²) in [6.45, 7) is 0.341. The molecule has 0 radical (unpaired) electrons. The number of rotatable bonds is 3. The molecular weight excluding hydrogens is 350 g/mol. The van der Waals surface area contributed by atoms with Crippen molar-refractivity contribution in [3.8, 4) is 11.5 Å². The number of carbonyl (C=O) groups is 1. The monoisotopic (exact) mass is 367 g/mol. The molecule has 0 aliphatic heterocycles. The maximum atomic E-state index is 12.5. The molecule has 5 rings (SSSR count). The second kappa shape index (κ2) is 6.13. The standard InChI is InChI=1S/C24H17NO3/c26-18-9-11-20(21(27)12-18)24(28)25-13-17-7-6-16-5-4-14-2-1-3-15-8-10-19(17)23(16)22(14)15/h1-12,26-27H,13H2,(H,25,28). The fraction of sp³-hybridized carbons (Fsp3) is 0.0417. The van der Waals surface area contributed by atoms with Gasteiger partial charge in [-0.05, 0) is 50.0 Å². The van der Waals surface area contributed by atoms with E-state index in [-0.39, 0.29) is 23.0 Å². The van der Waals surface area contributed by atoms with Gasteiger partial charge in [0, 0.05) is 12.6 Å². The highest BCUT2D eigenvalue weighted by Gasteiger charge is 2.14. The number of amides is 1. The Bertz CT molecular complexity index is 1340. The Kier molecular flexibility index (Phi) is 3.59. The number of nitrogens with one attached hydrogen (secondary N) is 1. The van der Waals surface area contributed by atoms with Gasteiger partial charge in [-0.25, -0.2) is 0 Å². The van der Waals surface area contributed by atoms with Crippen molar-refractivity contribution in [3.63, 3.8) is 0 Å². The van der Waals surface area contributed by atoms with Crippen molar-refractivity contribution < 1.29 is 15.0 Å². The van der Waals surface area contributed by atoms with Crippen LogP contribution < -0.4 is 5.32 Å². The van der Waals surface area contributed by atoms with Crippen molar-refractivity contribution in [2.24, 2.45) is 0 Å². The van der Waals surface area contributed by atoms with Crippen LogP contribution in [0.5, 0.6) is 11.5 Å². The molecule has 0 heterocycles. The van der Waals surface area contributed by atoms with Crippen molar-refractivity contribution in [2.75, 3.05) is 0 Å². The summed E-state index contributed by atoms with van der Waals surface area (Å²) in [5.41, 5.74) is 1.15. The number of phenols is 2. The summed E-state index contributed by atoms with van der Waals surface area (Å²) in [5, 5.41) is 29.3. The van der Waals surface area contributed by atoms with Crippen LogP contribution in [-0.2, 0) is 6.54 Å². The average molecular weight is 367 g/mol. The lowest BCUT2D eigenvalue weighted by molar-refractivity contribution is 0.0948. The largest absolute Gasteiger partial charge is 0.508 e. The van der Waals surface area contributed by atoms with Gasteiger partial charge in [0.25, 0.3) is 5.91 Å². The molecule has 28 heavy (non-hydrogen) atoms. The quantitative estimate of drug-likeness (QED) is 0.396. The van der Waals surface area contributed by atoms with E-state index in [2.05, 4.69) is 53.8 Å². The molecule has 5 aromatic carbocycles. The highest BCUT2D eigenvalue weighted by atomic mass is 16.3. The highest BCUT2D eigenvalue weighted by molar-refractivity contribution is 6.23. The zero-order valence-corrected chi connectivity index (χ0v) is 14.9. The lowest BCUT2D eigenvalue weighted by atomic mass is 9.92. The number of aromatic hydroxyl groups is 2. The van der Waals surface area contributed by atoms with Crippen LogP contribution in [0.4, 0.5) is 0 Å². The van der Waals surface area contributed by atoms with Crippen LogP contribution in [0, 0.1) is 0 Å². The van der Waals surface area contributed by atoms with Gasteiger partial charge < -0.3 is 15.5 Å². The molecule has 136 valence electrons. The predicted octanol–water partition coefficient (Wildman–Crippen LogP) is 4.93. The fourth-order valence-corrected chi connectivity index (χ4v) is 3.93. The maximum absolute atomic E-state index is 12.5. The summed E-state index contributed by atoms with van der Waals surface area (Å²) in [6, 6.07) is 22.8. The van der Waals surface area contributed by atoms with E-state index >= 15 is 0 Å². The molecule has 0 aliphatic carbocycles. The molecule has 0 spiro atoms. The Morgan fingerprint density at radius 2 is 1.46 bits per heavy atom. The third-order valence-corrected chi connectivity index (χ3v) is 5.28. The first-order valence-corrected chi connectivity index (χ1v) is 9.07. The smallest absolute Gasteiger partial charge is 0.255 e. The van der Waals surface area contributed by atoms with Crippen LogP contribution in [0.25, 0.3) is 32.3 Å². The molecule has 0 aliphatic rings. The summed E-state index contributed by atoms with van der Waals surface area (Å²) >= 11 is 0. The van der Waals surface area contributed by atoms with Gasteiger partial charge in [0.1, 0.15) is 11.5 Å². The Labute approximate surface area is 161 Å². The van der Waals surface area contributed by atoms with Gasteiger partial charge in [-0.2, -0.15) is 0 Å². The molecule has 3 N–H and O–H groups in total. The Morgan fingerprint density at radius 3 is 2.21 bits per heavy atom. The molecule has 0 bridgehead atoms. The van der Waals surface area contributed by atoms with Crippen LogP contribution >= 0.6 is 0 Å². The molecule has 0 saturated carbocycles. The summed E-state index contributed by atoms with van der Waals surface area (Å²) in [4.78, 5) is 12.5. The maximum Gasteiger partial charge on any atom is 0.255 e. The summed E-state index contributed by atoms with van der Waals surface area (Å²) in [6.07, 6.45) is 0. The topological polar surface area (TPSA) is 69.6 Å². The van der Waals surface area contributed by atoms with Gasteiger partial charge >= 0.3 is 0 Å². The molecule has 0 saturated heterocycles. The molecule has 0 atom stereocenters. The lowest BCUT2D eigenvalue weighted by Gasteiger charge is -2.14. The third kappa shape index (κ3) is 2.50. The number of phenolic OH excluding ortho intramolecular Hbond substituents is 2. The summed E-state index contributed by atoms with van der Waals surface area (Å²) in [7, 11) is 0. The number of carbonyl (C=O) groups excluding carboxylic acids is 1. The average Bonchev–Trinajstić information content (AvgIpc) is 2.70. The molecule has 4 heteroatoms. The van der Waals surface area contributed by atoms with Crippen LogP contribution in [0.3, 0.4) is 0 Å². The number of hydrogen-bond donors (Lipinski definition) is 3. The van der Waals surface area contributed by atoms with E-state index in [1.165, 1.54) is 39.1 Å². The summed E-state index contributed by atoms with van der Waals surface area (Å²) < 4.78 is 0. The van der Waals surface area contributed by atoms with Gasteiger partial charge in [0.05, 0.1) is 5.56 Å². The number of hydrogen-bond acceptors (Lipinski definition) is 3. The van der Waals surface area contributed by atoms with E-state index in [9.17, 15) is 15.0 Å². The molecule has 0 unspecified atom stereocenters. The van der Waals surface area contributed by atoms with Gasteiger partial charge in [-0.15, -0.1) is 0 Å².